The summed E-state index contributed by atoms with van der Waals surface area (Å²) in [6, 6.07) is 6.49. The third kappa shape index (κ3) is 3.15. The van der Waals surface area contributed by atoms with Gasteiger partial charge in [-0.1, -0.05) is 12.1 Å². The van der Waals surface area contributed by atoms with Crippen LogP contribution in [0.5, 0.6) is 5.75 Å². The molecule has 0 unspecified atom stereocenters. The van der Waals surface area contributed by atoms with Crippen LogP contribution in [0.25, 0.3) is 0 Å². The average molecular weight is 229 g/mol. The summed E-state index contributed by atoms with van der Waals surface area (Å²) in [7, 11) is 0. The van der Waals surface area contributed by atoms with Crippen molar-refractivity contribution in [2.45, 2.75) is 19.3 Å². The maximum absolute atomic E-state index is 11.9. The lowest BCUT2D eigenvalue weighted by Gasteiger charge is -2.27. The fourth-order valence-corrected chi connectivity index (χ4v) is 1.36. The van der Waals surface area contributed by atoms with Gasteiger partial charge in [0, 0.05) is 13.1 Å². The summed E-state index contributed by atoms with van der Waals surface area (Å²) in [6.07, 6.45) is 0.275. The van der Waals surface area contributed by atoms with Crippen LogP contribution in [0.2, 0.25) is 0 Å². The lowest BCUT2D eigenvalue weighted by molar-refractivity contribution is -0.0498. The summed E-state index contributed by atoms with van der Waals surface area (Å²) in [5, 5.41) is 3.10. The van der Waals surface area contributed by atoms with Crippen LogP contribution in [0.1, 0.15) is 5.56 Å². The number of hydrogen-bond acceptors (Lipinski definition) is 3. The van der Waals surface area contributed by atoms with Crippen molar-refractivity contribution in [2.24, 2.45) is 0 Å². The molecule has 1 N–H and O–H groups in total. The van der Waals surface area contributed by atoms with Gasteiger partial charge in [0.05, 0.1) is 12.7 Å². The second kappa shape index (κ2) is 5.23. The molecule has 5 heteroatoms. The van der Waals surface area contributed by atoms with Gasteiger partial charge in [0.1, 0.15) is 5.75 Å². The van der Waals surface area contributed by atoms with E-state index in [0.717, 1.165) is 18.7 Å². The van der Waals surface area contributed by atoms with Crippen LogP contribution in [0.4, 0.5) is 8.78 Å². The highest BCUT2D eigenvalue weighted by Gasteiger charge is 2.16. The summed E-state index contributed by atoms with van der Waals surface area (Å²) in [4.78, 5) is 0. The van der Waals surface area contributed by atoms with Gasteiger partial charge in [-0.05, 0) is 17.7 Å². The molecule has 16 heavy (non-hydrogen) atoms. The van der Waals surface area contributed by atoms with Gasteiger partial charge in [-0.15, -0.1) is 0 Å². The molecule has 1 aromatic rings. The quantitative estimate of drug-likeness (QED) is 0.834. The third-order valence-electron chi connectivity index (χ3n) is 2.38. The van der Waals surface area contributed by atoms with Gasteiger partial charge in [0.2, 0.25) is 0 Å². The van der Waals surface area contributed by atoms with E-state index in [0.29, 0.717) is 6.61 Å². The molecule has 0 amide bonds. The van der Waals surface area contributed by atoms with Crippen LogP contribution >= 0.6 is 0 Å². The van der Waals surface area contributed by atoms with Crippen molar-refractivity contribution in [3.05, 3.63) is 29.8 Å². The summed E-state index contributed by atoms with van der Waals surface area (Å²) < 4.78 is 33.5. The predicted molar refractivity (Wildman–Crippen MR) is 54.5 cm³/mol. The predicted octanol–water partition coefficient (Wildman–Crippen LogP) is 1.78. The molecule has 1 aliphatic heterocycles. The highest BCUT2D eigenvalue weighted by atomic mass is 19.3. The number of ether oxygens (including phenoxy) is 2. The molecule has 1 aliphatic rings. The Morgan fingerprint density at radius 1 is 1.25 bits per heavy atom. The van der Waals surface area contributed by atoms with Crippen molar-refractivity contribution in [1.82, 2.24) is 5.32 Å². The first kappa shape index (κ1) is 11.3. The standard InChI is InChI=1S/C11H13F2NO2/c12-11(13)16-9-3-1-8(2-4-9)7-15-10-5-14-6-10/h1-4,10-11,14H,5-7H2. The van der Waals surface area contributed by atoms with Gasteiger partial charge < -0.3 is 14.8 Å². The van der Waals surface area contributed by atoms with Crippen LogP contribution in [-0.2, 0) is 11.3 Å². The number of rotatable bonds is 5. The minimum absolute atomic E-state index is 0.170. The zero-order chi connectivity index (χ0) is 11.4. The molecule has 2 rings (SSSR count). The summed E-state index contributed by atoms with van der Waals surface area (Å²) in [6.45, 7) is -0.511. The number of benzene rings is 1. The fourth-order valence-electron chi connectivity index (χ4n) is 1.36. The molecular weight excluding hydrogens is 216 g/mol. The molecule has 0 spiro atoms. The van der Waals surface area contributed by atoms with Crippen molar-refractivity contribution < 1.29 is 18.3 Å². The van der Waals surface area contributed by atoms with Gasteiger partial charge in [0.25, 0.3) is 0 Å². The molecule has 1 fully saturated rings. The fraction of sp³-hybridized carbons (Fsp3) is 0.455. The van der Waals surface area contributed by atoms with Gasteiger partial charge in [-0.3, -0.25) is 0 Å². The minimum atomic E-state index is -2.77. The van der Waals surface area contributed by atoms with Gasteiger partial charge >= 0.3 is 6.61 Å². The SMILES string of the molecule is FC(F)Oc1ccc(COC2CNC2)cc1. The topological polar surface area (TPSA) is 30.5 Å². The Morgan fingerprint density at radius 3 is 2.44 bits per heavy atom. The van der Waals surface area contributed by atoms with E-state index >= 15 is 0 Å². The Labute approximate surface area is 92.4 Å². The van der Waals surface area contributed by atoms with Crippen LogP contribution < -0.4 is 10.1 Å². The van der Waals surface area contributed by atoms with Gasteiger partial charge in [0.15, 0.2) is 0 Å². The maximum Gasteiger partial charge on any atom is 0.387 e. The molecule has 88 valence electrons. The monoisotopic (exact) mass is 229 g/mol. The smallest absolute Gasteiger partial charge is 0.387 e. The normalized spacial score (nSPS) is 16.2. The molecule has 0 saturated carbocycles. The Morgan fingerprint density at radius 2 is 1.94 bits per heavy atom. The van der Waals surface area contributed by atoms with E-state index < -0.39 is 6.61 Å². The first-order valence-electron chi connectivity index (χ1n) is 5.10. The molecule has 0 radical (unpaired) electrons. The second-order valence-corrected chi connectivity index (χ2v) is 3.61. The Balaban J connectivity index is 1.81. The number of nitrogens with one attached hydrogen (secondary N) is 1. The molecule has 0 aromatic heterocycles. The number of hydrogen-bond donors (Lipinski definition) is 1. The van der Waals surface area contributed by atoms with Crippen LogP contribution in [0.15, 0.2) is 24.3 Å². The average Bonchev–Trinajstić information content (AvgIpc) is 2.17. The van der Waals surface area contributed by atoms with Crippen molar-refractivity contribution >= 4 is 0 Å². The Bertz CT molecular complexity index is 325. The molecule has 0 atom stereocenters. The number of alkyl halides is 2. The molecular formula is C11H13F2NO2. The van der Waals surface area contributed by atoms with E-state index in [1.54, 1.807) is 12.1 Å². The van der Waals surface area contributed by atoms with E-state index in [1.807, 2.05) is 0 Å². The minimum Gasteiger partial charge on any atom is -0.435 e. The van der Waals surface area contributed by atoms with Crippen LogP contribution in [0, 0.1) is 0 Å². The zero-order valence-electron chi connectivity index (χ0n) is 8.66. The van der Waals surface area contributed by atoms with Crippen molar-refractivity contribution in [3.8, 4) is 5.75 Å². The zero-order valence-corrected chi connectivity index (χ0v) is 8.66. The lowest BCUT2D eigenvalue weighted by Crippen LogP contribution is -2.48. The summed E-state index contributed by atoms with van der Waals surface area (Å²) in [5.74, 6) is 0.170. The van der Waals surface area contributed by atoms with E-state index in [1.165, 1.54) is 12.1 Å². The first-order valence-corrected chi connectivity index (χ1v) is 5.10. The molecule has 1 aromatic carbocycles. The molecule has 3 nitrogen and oxygen atoms in total. The van der Waals surface area contributed by atoms with Crippen molar-refractivity contribution in [2.75, 3.05) is 13.1 Å². The van der Waals surface area contributed by atoms with Crippen LogP contribution in [0.3, 0.4) is 0 Å². The third-order valence-corrected chi connectivity index (χ3v) is 2.38. The maximum atomic E-state index is 11.9. The second-order valence-electron chi connectivity index (χ2n) is 3.61. The largest absolute Gasteiger partial charge is 0.435 e. The van der Waals surface area contributed by atoms with Crippen molar-refractivity contribution in [3.63, 3.8) is 0 Å². The summed E-state index contributed by atoms with van der Waals surface area (Å²) in [5.41, 5.74) is 0.952. The summed E-state index contributed by atoms with van der Waals surface area (Å²) >= 11 is 0. The lowest BCUT2D eigenvalue weighted by atomic mass is 10.2. The van der Waals surface area contributed by atoms with E-state index in [-0.39, 0.29) is 11.9 Å². The van der Waals surface area contributed by atoms with Crippen LogP contribution in [-0.4, -0.2) is 25.8 Å². The first-order chi connectivity index (χ1) is 7.74. The molecule has 1 heterocycles. The Hall–Kier alpha value is -1.20. The highest BCUT2D eigenvalue weighted by Crippen LogP contribution is 2.16. The van der Waals surface area contributed by atoms with Gasteiger partial charge in [-0.2, -0.15) is 8.78 Å². The van der Waals surface area contributed by atoms with E-state index in [4.69, 9.17) is 4.74 Å². The number of halogens is 2. The molecule has 1 saturated heterocycles. The molecule has 0 bridgehead atoms. The van der Waals surface area contributed by atoms with E-state index in [9.17, 15) is 8.78 Å². The van der Waals surface area contributed by atoms with Gasteiger partial charge in [-0.25, -0.2) is 0 Å². The van der Waals surface area contributed by atoms with Crippen molar-refractivity contribution in [1.29, 1.82) is 0 Å². The Kier molecular flexibility index (Phi) is 3.69. The van der Waals surface area contributed by atoms with E-state index in [2.05, 4.69) is 10.1 Å². The molecule has 0 aliphatic carbocycles. The highest BCUT2D eigenvalue weighted by molar-refractivity contribution is 5.26.